The quantitative estimate of drug-likeness (QED) is 0.197. The maximum atomic E-state index is 12.3. The first-order chi connectivity index (χ1) is 14.7. The van der Waals surface area contributed by atoms with Crippen LogP contribution in [-0.4, -0.2) is 22.8 Å². The molecule has 0 spiro atoms. The van der Waals surface area contributed by atoms with Gasteiger partial charge in [-0.3, -0.25) is 14.9 Å². The minimum atomic E-state index is -4.15. The summed E-state index contributed by atoms with van der Waals surface area (Å²) in [6.07, 6.45) is 0. The third kappa shape index (κ3) is 4.79. The number of hydrogen-bond donors (Lipinski definition) is 1. The molecule has 1 heterocycles. The zero-order valence-electron chi connectivity index (χ0n) is 17.2. The van der Waals surface area contributed by atoms with Crippen molar-refractivity contribution in [2.75, 3.05) is 0 Å². The molecule has 31 heavy (non-hydrogen) atoms. The lowest BCUT2D eigenvalue weighted by molar-refractivity contribution is 0.482. The smallest absolute Gasteiger partial charge is 0.269 e. The van der Waals surface area contributed by atoms with Crippen LogP contribution in [0.5, 0.6) is 0 Å². The van der Waals surface area contributed by atoms with Crippen LogP contribution in [0.15, 0.2) is 66.7 Å². The van der Waals surface area contributed by atoms with Crippen LogP contribution < -0.4 is 0 Å². The van der Waals surface area contributed by atoms with Gasteiger partial charge in [-0.05, 0) is 23.1 Å². The summed E-state index contributed by atoms with van der Waals surface area (Å²) in [5, 5.41) is 2.58. The Labute approximate surface area is 183 Å². The Morgan fingerprint density at radius 3 is 2.26 bits per heavy atom. The average Bonchev–Trinajstić information content (AvgIpc) is 2.72. The normalized spacial score (nSPS) is 12.0. The van der Waals surface area contributed by atoms with Crippen LogP contribution in [0.3, 0.4) is 0 Å². The first-order valence-corrected chi connectivity index (χ1v) is 12.7. The Morgan fingerprint density at radius 1 is 0.903 bits per heavy atom. The van der Waals surface area contributed by atoms with Crippen molar-refractivity contribution >= 4 is 47.0 Å². The Kier molecular flexibility index (Phi) is 5.83. The molecule has 0 unspecified atom stereocenters. The molecule has 0 aliphatic heterocycles. The van der Waals surface area contributed by atoms with E-state index in [0.717, 1.165) is 43.4 Å². The van der Waals surface area contributed by atoms with Crippen molar-refractivity contribution in [3.8, 4) is 11.3 Å². The molecule has 1 aromatic heterocycles. The molecule has 3 aromatic carbocycles. The summed E-state index contributed by atoms with van der Waals surface area (Å²) >= 11 is 0. The zero-order valence-corrected chi connectivity index (χ0v) is 18.8. The van der Waals surface area contributed by atoms with Gasteiger partial charge in [0, 0.05) is 16.3 Å². The highest BCUT2D eigenvalue weighted by molar-refractivity contribution is 7.85. The Bertz CT molecular complexity index is 1480. The minimum Gasteiger partial charge on any atom is -0.461 e. The Morgan fingerprint density at radius 2 is 1.58 bits per heavy atom. The van der Waals surface area contributed by atoms with Crippen molar-refractivity contribution in [1.29, 1.82) is 0 Å². The van der Waals surface area contributed by atoms with Crippen molar-refractivity contribution in [3.05, 3.63) is 77.9 Å². The second-order valence-electron chi connectivity index (χ2n) is 7.68. The van der Waals surface area contributed by atoms with Gasteiger partial charge in [0.05, 0.1) is 11.2 Å². The van der Waals surface area contributed by atoms with Crippen molar-refractivity contribution in [1.82, 2.24) is 4.98 Å². The van der Waals surface area contributed by atoms with Crippen LogP contribution >= 0.6 is 0 Å². The van der Waals surface area contributed by atoms with E-state index in [4.69, 9.17) is 4.98 Å². The summed E-state index contributed by atoms with van der Waals surface area (Å²) in [5.41, 5.74) is 3.94. The van der Waals surface area contributed by atoms with E-state index in [2.05, 4.69) is 0 Å². The average molecular weight is 453 g/mol. The van der Waals surface area contributed by atoms with E-state index < -0.39 is 26.3 Å². The highest BCUT2D eigenvalue weighted by Crippen LogP contribution is 2.34. The summed E-state index contributed by atoms with van der Waals surface area (Å²) in [6.45, 7) is 3.70. The molecule has 0 saturated carbocycles. The van der Waals surface area contributed by atoms with Crippen molar-refractivity contribution in [3.63, 3.8) is 0 Å². The standard InChI is InChI=1S/C24H22NO4S2/c1-16(2)30(26)14-17-9-11-23-22(12-17)21-13-18(15-31(27,28)29)8-10-20(21)24(25-23)19-6-4-3-5-7-19/h3-13H,14-15H2,1-2H3,(H,27,28,29)/q-1. The minimum absolute atomic E-state index is 0.408. The molecular weight excluding hydrogens is 430 g/mol. The number of rotatable bonds is 5. The van der Waals surface area contributed by atoms with Gasteiger partial charge < -0.3 is 4.21 Å². The fraction of sp³-hybridized carbons (Fsp3) is 0.167. The molecule has 0 aliphatic rings. The summed E-state index contributed by atoms with van der Waals surface area (Å²) < 4.78 is 44.5. The lowest BCUT2D eigenvalue weighted by atomic mass is 9.98. The first kappa shape index (κ1) is 21.5. The monoisotopic (exact) mass is 452 g/mol. The van der Waals surface area contributed by atoms with E-state index in [0.29, 0.717) is 11.3 Å². The van der Waals surface area contributed by atoms with Crippen LogP contribution in [0.25, 0.3) is 32.9 Å². The fourth-order valence-corrected chi connectivity index (χ4v) is 4.97. The highest BCUT2D eigenvalue weighted by atomic mass is 32.2. The number of pyridine rings is 1. The molecule has 0 fully saturated rings. The van der Waals surface area contributed by atoms with Crippen molar-refractivity contribution < 1.29 is 17.2 Å². The van der Waals surface area contributed by atoms with E-state index in [1.165, 1.54) is 0 Å². The lowest BCUT2D eigenvalue weighted by Gasteiger charge is -2.14. The number of aromatic nitrogens is 1. The predicted molar refractivity (Wildman–Crippen MR) is 128 cm³/mol. The summed E-state index contributed by atoms with van der Waals surface area (Å²) in [6, 6.07) is 20.9. The molecule has 7 heteroatoms. The largest absolute Gasteiger partial charge is 0.461 e. The molecule has 0 bridgehead atoms. The fourth-order valence-electron chi connectivity index (χ4n) is 3.60. The maximum absolute atomic E-state index is 12.3. The first-order valence-electron chi connectivity index (χ1n) is 9.76. The second kappa shape index (κ2) is 8.42. The predicted octanol–water partition coefficient (Wildman–Crippen LogP) is 5.12. The van der Waals surface area contributed by atoms with Crippen molar-refractivity contribution in [2.24, 2.45) is 0 Å². The van der Waals surface area contributed by atoms with Gasteiger partial charge in [-0.1, -0.05) is 79.8 Å². The molecule has 0 saturated heterocycles. The summed E-state index contributed by atoms with van der Waals surface area (Å²) in [5.74, 6) is -0.0496. The van der Waals surface area contributed by atoms with E-state index in [1.807, 2.05) is 68.4 Å². The number of benzene rings is 3. The third-order valence-electron chi connectivity index (χ3n) is 5.07. The van der Waals surface area contributed by atoms with Crippen LogP contribution in [0, 0.1) is 0 Å². The molecule has 4 aromatic rings. The van der Waals surface area contributed by atoms with Gasteiger partial charge >= 0.3 is 0 Å². The molecule has 1 N–H and O–H groups in total. The van der Waals surface area contributed by atoms with Crippen molar-refractivity contribution in [2.45, 2.75) is 25.4 Å². The van der Waals surface area contributed by atoms with E-state index >= 15 is 0 Å². The van der Waals surface area contributed by atoms with Crippen LogP contribution in [0.4, 0.5) is 0 Å². The molecule has 0 atom stereocenters. The summed E-state index contributed by atoms with van der Waals surface area (Å²) in [7, 11) is -5.22. The lowest BCUT2D eigenvalue weighted by Crippen LogP contribution is -2.01. The summed E-state index contributed by atoms with van der Waals surface area (Å²) in [4.78, 5) is 5.74. The number of nitrogens with zero attached hydrogens (tertiary/aromatic N) is 1. The van der Waals surface area contributed by atoms with Gasteiger partial charge in [0.25, 0.3) is 10.1 Å². The number of fused-ring (bicyclic) bond motifs is 3. The zero-order chi connectivity index (χ0) is 22.2. The third-order valence-corrected chi connectivity index (χ3v) is 7.28. The second-order valence-corrected chi connectivity index (χ2v) is 10.9. The van der Waals surface area contributed by atoms with E-state index in [1.54, 1.807) is 12.1 Å². The topological polar surface area (TPSA) is 84.3 Å². The molecule has 0 amide bonds. The van der Waals surface area contributed by atoms with Crippen LogP contribution in [-0.2, 0) is 36.2 Å². The van der Waals surface area contributed by atoms with Gasteiger partial charge in [-0.25, -0.2) is 4.98 Å². The molecule has 4 rings (SSSR count). The van der Waals surface area contributed by atoms with Gasteiger partial charge in [0.1, 0.15) is 5.75 Å². The molecule has 5 nitrogen and oxygen atoms in total. The van der Waals surface area contributed by atoms with E-state index in [-0.39, 0.29) is 0 Å². The van der Waals surface area contributed by atoms with Gasteiger partial charge in [0.15, 0.2) is 0 Å². The SMILES string of the molecule is CC(C)=[S-](=O)Cc1ccc2nc(-c3ccccc3)c3ccc(CS(=O)(=O)O)cc3c2c1. The molecule has 0 radical (unpaired) electrons. The van der Waals surface area contributed by atoms with Crippen LogP contribution in [0.2, 0.25) is 0 Å². The Hall–Kier alpha value is -2.74. The highest BCUT2D eigenvalue weighted by Gasteiger charge is 2.13. The van der Waals surface area contributed by atoms with Gasteiger partial charge in [0.2, 0.25) is 0 Å². The number of hydrogen-bond acceptors (Lipinski definition) is 5. The molecule has 160 valence electrons. The van der Waals surface area contributed by atoms with Gasteiger partial charge in [-0.15, -0.1) is 0 Å². The Balaban J connectivity index is 2.01. The maximum Gasteiger partial charge on any atom is 0.269 e. The van der Waals surface area contributed by atoms with Gasteiger partial charge in [-0.2, -0.15) is 13.3 Å². The van der Waals surface area contributed by atoms with Crippen LogP contribution in [0.1, 0.15) is 25.0 Å². The molecule has 0 aliphatic carbocycles. The molecular formula is C24H22NO4S2-. The van der Waals surface area contributed by atoms with E-state index in [9.17, 15) is 17.2 Å².